The van der Waals surface area contributed by atoms with Crippen LogP contribution < -0.4 is 4.74 Å². The lowest BCUT2D eigenvalue weighted by atomic mass is 10.0. The minimum atomic E-state index is -0.665. The Kier molecular flexibility index (Phi) is 4.77. The van der Waals surface area contributed by atoms with Crippen LogP contribution in [0.4, 0.5) is 0 Å². The summed E-state index contributed by atoms with van der Waals surface area (Å²) < 4.78 is 18.8. The van der Waals surface area contributed by atoms with Gasteiger partial charge in [-0.3, -0.25) is 0 Å². The Bertz CT molecular complexity index is 580. The lowest BCUT2D eigenvalue weighted by Crippen LogP contribution is -2.29. The first-order valence-corrected chi connectivity index (χ1v) is 8.09. The van der Waals surface area contributed by atoms with Gasteiger partial charge in [-0.05, 0) is 34.7 Å². The molecular weight excluding hydrogens is 379 g/mol. The maximum absolute atomic E-state index is 5.89. The Morgan fingerprint density at radius 3 is 2.33 bits per heavy atom. The fraction of sp³-hybridized carbons (Fsp3) is 0.294. The van der Waals surface area contributed by atoms with Crippen molar-refractivity contribution in [2.24, 2.45) is 0 Å². The van der Waals surface area contributed by atoms with Crippen LogP contribution in [0, 0.1) is 3.57 Å². The molecule has 2 aromatic carbocycles. The summed E-state index contributed by atoms with van der Waals surface area (Å²) in [6.45, 7) is 1.80. The van der Waals surface area contributed by atoms with E-state index in [-0.39, 0.29) is 0 Å². The molecule has 2 aromatic rings. The Labute approximate surface area is 138 Å². The van der Waals surface area contributed by atoms with Crippen molar-refractivity contribution in [3.05, 3.63) is 63.7 Å². The smallest absolute Gasteiger partial charge is 0.198 e. The van der Waals surface area contributed by atoms with Crippen LogP contribution in [0.25, 0.3) is 0 Å². The summed E-state index contributed by atoms with van der Waals surface area (Å²) in [6, 6.07) is 18.1. The second-order valence-electron chi connectivity index (χ2n) is 4.84. The maximum atomic E-state index is 5.89. The van der Waals surface area contributed by atoms with E-state index in [4.69, 9.17) is 14.2 Å². The zero-order valence-electron chi connectivity index (χ0n) is 11.6. The number of para-hydroxylation sites is 1. The number of benzene rings is 2. The van der Waals surface area contributed by atoms with Gasteiger partial charge in [-0.1, -0.05) is 42.5 Å². The van der Waals surface area contributed by atoms with Crippen LogP contribution in [0.1, 0.15) is 12.0 Å². The van der Waals surface area contributed by atoms with Crippen molar-refractivity contribution >= 4 is 22.6 Å². The van der Waals surface area contributed by atoms with E-state index in [1.165, 1.54) is 0 Å². The van der Waals surface area contributed by atoms with E-state index in [2.05, 4.69) is 22.6 Å². The van der Waals surface area contributed by atoms with Crippen molar-refractivity contribution in [1.29, 1.82) is 0 Å². The number of hydrogen-bond donors (Lipinski definition) is 0. The summed E-state index contributed by atoms with van der Waals surface area (Å²) in [7, 11) is 0. The van der Waals surface area contributed by atoms with Gasteiger partial charge < -0.3 is 14.2 Å². The predicted molar refractivity (Wildman–Crippen MR) is 89.3 cm³/mol. The van der Waals surface area contributed by atoms with Gasteiger partial charge in [0.25, 0.3) is 0 Å². The van der Waals surface area contributed by atoms with Gasteiger partial charge in [-0.2, -0.15) is 0 Å². The molecule has 0 radical (unpaired) electrons. The third-order valence-electron chi connectivity index (χ3n) is 3.49. The molecular formula is C17H17IO3. The summed E-state index contributed by atoms with van der Waals surface area (Å²) in [6.07, 6.45) is 0.669. The van der Waals surface area contributed by atoms with E-state index in [0.717, 1.165) is 14.9 Å². The standard InChI is InChI=1S/C17H17IO3/c18-15-8-4-5-9-16(15)19-11-10-17(20-12-13-21-17)14-6-2-1-3-7-14/h1-9H,10-13H2. The highest BCUT2D eigenvalue weighted by Crippen LogP contribution is 2.35. The highest BCUT2D eigenvalue weighted by molar-refractivity contribution is 14.1. The monoisotopic (exact) mass is 396 g/mol. The molecule has 1 fully saturated rings. The van der Waals surface area contributed by atoms with Crippen LogP contribution >= 0.6 is 22.6 Å². The number of ether oxygens (including phenoxy) is 3. The molecule has 1 aliphatic rings. The van der Waals surface area contributed by atoms with E-state index < -0.39 is 5.79 Å². The Balaban J connectivity index is 1.68. The highest BCUT2D eigenvalue weighted by Gasteiger charge is 2.38. The molecule has 0 atom stereocenters. The molecule has 3 rings (SSSR count). The van der Waals surface area contributed by atoms with E-state index >= 15 is 0 Å². The average Bonchev–Trinajstić information content (AvgIpc) is 3.00. The second-order valence-corrected chi connectivity index (χ2v) is 6.01. The van der Waals surface area contributed by atoms with Crippen LogP contribution in [0.3, 0.4) is 0 Å². The van der Waals surface area contributed by atoms with Gasteiger partial charge in [-0.25, -0.2) is 0 Å². The quantitative estimate of drug-likeness (QED) is 0.717. The molecule has 21 heavy (non-hydrogen) atoms. The highest BCUT2D eigenvalue weighted by atomic mass is 127. The molecule has 110 valence electrons. The van der Waals surface area contributed by atoms with Gasteiger partial charge in [0.15, 0.2) is 5.79 Å². The van der Waals surface area contributed by atoms with Gasteiger partial charge in [0.2, 0.25) is 0 Å². The van der Waals surface area contributed by atoms with Crippen LogP contribution in [-0.4, -0.2) is 19.8 Å². The lowest BCUT2D eigenvalue weighted by Gasteiger charge is -2.27. The van der Waals surface area contributed by atoms with Crippen LogP contribution in [-0.2, 0) is 15.3 Å². The Morgan fingerprint density at radius 2 is 1.62 bits per heavy atom. The van der Waals surface area contributed by atoms with Gasteiger partial charge in [-0.15, -0.1) is 0 Å². The minimum absolute atomic E-state index is 0.551. The molecule has 4 heteroatoms. The minimum Gasteiger partial charge on any atom is -0.492 e. The normalized spacial score (nSPS) is 16.8. The van der Waals surface area contributed by atoms with Gasteiger partial charge in [0, 0.05) is 12.0 Å². The third kappa shape index (κ3) is 3.39. The largest absolute Gasteiger partial charge is 0.492 e. The van der Waals surface area contributed by atoms with Crippen LogP contribution in [0.5, 0.6) is 5.75 Å². The molecule has 1 heterocycles. The summed E-state index contributed by atoms with van der Waals surface area (Å²) in [5, 5.41) is 0. The zero-order chi connectivity index (χ0) is 14.5. The molecule has 0 bridgehead atoms. The molecule has 1 saturated heterocycles. The molecule has 0 spiro atoms. The number of hydrogen-bond acceptors (Lipinski definition) is 3. The second kappa shape index (κ2) is 6.77. The number of halogens is 1. The first-order chi connectivity index (χ1) is 10.3. The van der Waals surface area contributed by atoms with Crippen molar-refractivity contribution in [2.45, 2.75) is 12.2 Å². The molecule has 3 nitrogen and oxygen atoms in total. The fourth-order valence-corrected chi connectivity index (χ4v) is 3.00. The van der Waals surface area contributed by atoms with Gasteiger partial charge >= 0.3 is 0 Å². The molecule has 0 unspecified atom stereocenters. The molecule has 0 N–H and O–H groups in total. The SMILES string of the molecule is Ic1ccccc1OCCC1(c2ccccc2)OCCO1. The summed E-state index contributed by atoms with van der Waals surface area (Å²) in [5.74, 6) is 0.237. The van der Waals surface area contributed by atoms with Crippen molar-refractivity contribution in [2.75, 3.05) is 19.8 Å². The van der Waals surface area contributed by atoms with Crippen molar-refractivity contribution < 1.29 is 14.2 Å². The van der Waals surface area contributed by atoms with E-state index in [1.807, 2.05) is 54.6 Å². The predicted octanol–water partition coefficient (Wildman–Crippen LogP) is 3.96. The molecule has 0 aliphatic carbocycles. The Morgan fingerprint density at radius 1 is 0.952 bits per heavy atom. The van der Waals surface area contributed by atoms with Crippen molar-refractivity contribution in [1.82, 2.24) is 0 Å². The van der Waals surface area contributed by atoms with Crippen LogP contribution in [0.15, 0.2) is 54.6 Å². The fourth-order valence-electron chi connectivity index (χ4n) is 2.46. The molecule has 0 amide bonds. The summed E-state index contributed by atoms with van der Waals surface area (Å²) in [4.78, 5) is 0. The van der Waals surface area contributed by atoms with E-state index in [0.29, 0.717) is 26.2 Å². The lowest BCUT2D eigenvalue weighted by molar-refractivity contribution is -0.174. The average molecular weight is 396 g/mol. The first-order valence-electron chi connectivity index (χ1n) is 7.01. The van der Waals surface area contributed by atoms with Gasteiger partial charge in [0.05, 0.1) is 23.4 Å². The molecule has 0 aromatic heterocycles. The van der Waals surface area contributed by atoms with Gasteiger partial charge in [0.1, 0.15) is 5.75 Å². The van der Waals surface area contributed by atoms with E-state index in [1.54, 1.807) is 0 Å². The summed E-state index contributed by atoms with van der Waals surface area (Å²) in [5.41, 5.74) is 1.05. The summed E-state index contributed by atoms with van der Waals surface area (Å²) >= 11 is 2.28. The third-order valence-corrected chi connectivity index (χ3v) is 4.38. The Hall–Kier alpha value is -1.11. The van der Waals surface area contributed by atoms with Crippen molar-refractivity contribution in [3.8, 4) is 5.75 Å². The zero-order valence-corrected chi connectivity index (χ0v) is 13.8. The van der Waals surface area contributed by atoms with Crippen molar-refractivity contribution in [3.63, 3.8) is 0 Å². The van der Waals surface area contributed by atoms with E-state index in [9.17, 15) is 0 Å². The first kappa shape index (κ1) is 14.8. The van der Waals surface area contributed by atoms with Crippen LogP contribution in [0.2, 0.25) is 0 Å². The molecule has 0 saturated carbocycles. The molecule has 1 aliphatic heterocycles. The number of rotatable bonds is 5. The topological polar surface area (TPSA) is 27.7 Å². The maximum Gasteiger partial charge on any atom is 0.198 e.